The zero-order valence-corrected chi connectivity index (χ0v) is 16.9. The van der Waals surface area contributed by atoms with Gasteiger partial charge in [-0.1, -0.05) is 18.2 Å². The number of rotatable bonds is 6. The number of halogens is 3. The number of morpholine rings is 1. The molecule has 3 heterocycles. The average molecular weight is 438 g/mol. The first-order valence-corrected chi connectivity index (χ1v) is 10.5. The van der Waals surface area contributed by atoms with Gasteiger partial charge < -0.3 is 14.6 Å². The van der Waals surface area contributed by atoms with E-state index in [9.17, 15) is 18.0 Å². The lowest BCUT2D eigenvalue weighted by Crippen LogP contribution is -2.44. The molecular weight excluding hydrogens is 417 g/mol. The van der Waals surface area contributed by atoms with Crippen LogP contribution in [0.5, 0.6) is 0 Å². The maximum Gasteiger partial charge on any atom is 0.449 e. The summed E-state index contributed by atoms with van der Waals surface area (Å²) in [4.78, 5) is 19.6. The van der Waals surface area contributed by atoms with Crippen molar-refractivity contribution in [3.05, 3.63) is 52.5 Å². The summed E-state index contributed by atoms with van der Waals surface area (Å²) in [5.74, 6) is -1.56. The minimum absolute atomic E-state index is 0.0422. The second-order valence-electron chi connectivity index (χ2n) is 6.99. The van der Waals surface area contributed by atoms with Crippen LogP contribution in [0.1, 0.15) is 16.7 Å². The van der Waals surface area contributed by atoms with Crippen LogP contribution in [0.4, 0.5) is 13.2 Å². The van der Waals surface area contributed by atoms with Gasteiger partial charge in [-0.05, 0) is 23.6 Å². The number of alkyl halides is 3. The first kappa shape index (κ1) is 20.8. The molecular formula is C20H21F3N4O2S. The summed E-state index contributed by atoms with van der Waals surface area (Å²) in [5, 5.41) is 4.79. The van der Waals surface area contributed by atoms with E-state index in [1.54, 1.807) is 23.5 Å². The average Bonchev–Trinajstić information content (AvgIpc) is 3.38. The zero-order valence-electron chi connectivity index (χ0n) is 16.1. The fourth-order valence-corrected chi connectivity index (χ4v) is 4.50. The van der Waals surface area contributed by atoms with E-state index in [2.05, 4.69) is 15.2 Å². The first-order valence-electron chi connectivity index (χ1n) is 9.58. The van der Waals surface area contributed by atoms with Crippen LogP contribution in [0.15, 0.2) is 41.8 Å². The molecule has 6 nitrogen and oxygen atoms in total. The Balaban J connectivity index is 1.50. The van der Waals surface area contributed by atoms with E-state index in [1.165, 1.54) is 12.1 Å². The van der Waals surface area contributed by atoms with Crippen LogP contribution in [0, 0.1) is 0 Å². The summed E-state index contributed by atoms with van der Waals surface area (Å²) >= 11 is 1.59. The van der Waals surface area contributed by atoms with Crippen molar-refractivity contribution in [2.24, 2.45) is 0 Å². The highest BCUT2D eigenvalue weighted by atomic mass is 32.1. The number of carbonyl (C=O) groups excluding carboxylic acids is 1. The molecule has 0 aliphatic carbocycles. The number of ether oxygens (including phenoxy) is 1. The van der Waals surface area contributed by atoms with Crippen LogP contribution in [0.2, 0.25) is 0 Å². The maximum absolute atomic E-state index is 13.4. The Kier molecular flexibility index (Phi) is 6.07. The number of benzene rings is 1. The largest absolute Gasteiger partial charge is 0.449 e. The molecule has 1 fully saturated rings. The standard InChI is InChI=1S/C20H21F3N4O2S/c21-20(22,23)19-25-14-4-1-2-5-15(14)27(19)13-18(28)24-12-16(17-6-3-11-30-17)26-7-9-29-10-8-26/h1-6,11,16H,7-10,12-13H2,(H,24,28)/t16-/m1/s1. The third kappa shape index (κ3) is 4.50. The smallest absolute Gasteiger partial charge is 0.379 e. The van der Waals surface area contributed by atoms with Crippen molar-refractivity contribution >= 4 is 28.3 Å². The minimum Gasteiger partial charge on any atom is -0.379 e. The number of hydrogen-bond donors (Lipinski definition) is 1. The van der Waals surface area contributed by atoms with Crippen molar-refractivity contribution in [3.63, 3.8) is 0 Å². The molecule has 30 heavy (non-hydrogen) atoms. The third-order valence-electron chi connectivity index (χ3n) is 5.06. The Bertz CT molecular complexity index is 997. The Hall–Kier alpha value is -2.43. The number of nitrogens with zero attached hydrogens (tertiary/aromatic N) is 3. The zero-order chi connectivity index (χ0) is 21.1. The van der Waals surface area contributed by atoms with Gasteiger partial charge in [-0.15, -0.1) is 11.3 Å². The highest BCUT2D eigenvalue weighted by Crippen LogP contribution is 2.31. The SMILES string of the molecule is O=C(Cn1c(C(F)(F)F)nc2ccccc21)NC[C@H](c1cccs1)N1CCOCC1. The van der Waals surface area contributed by atoms with E-state index < -0.39 is 24.5 Å². The van der Waals surface area contributed by atoms with Crippen molar-refractivity contribution < 1.29 is 22.7 Å². The second kappa shape index (κ2) is 8.75. The normalized spacial score (nSPS) is 16.6. The molecule has 1 aliphatic heterocycles. The topological polar surface area (TPSA) is 59.4 Å². The number of aromatic nitrogens is 2. The van der Waals surface area contributed by atoms with Gasteiger partial charge in [0, 0.05) is 24.5 Å². The molecule has 0 saturated carbocycles. The number of hydrogen-bond acceptors (Lipinski definition) is 5. The lowest BCUT2D eigenvalue weighted by Gasteiger charge is -2.34. The third-order valence-corrected chi connectivity index (χ3v) is 6.03. The van der Waals surface area contributed by atoms with Crippen molar-refractivity contribution in [1.82, 2.24) is 19.8 Å². The van der Waals surface area contributed by atoms with E-state index in [1.807, 2.05) is 17.5 Å². The predicted molar refractivity (Wildman–Crippen MR) is 107 cm³/mol. The lowest BCUT2D eigenvalue weighted by atomic mass is 10.2. The van der Waals surface area contributed by atoms with Gasteiger partial charge in [0.15, 0.2) is 0 Å². The van der Waals surface area contributed by atoms with Gasteiger partial charge in [0.2, 0.25) is 11.7 Å². The molecule has 0 unspecified atom stereocenters. The molecule has 3 aromatic rings. The minimum atomic E-state index is -4.65. The van der Waals surface area contributed by atoms with E-state index in [4.69, 9.17) is 4.74 Å². The Morgan fingerprint density at radius 2 is 1.97 bits per heavy atom. The molecule has 10 heteroatoms. The van der Waals surface area contributed by atoms with Crippen LogP contribution >= 0.6 is 11.3 Å². The molecule has 1 atom stereocenters. The molecule has 160 valence electrons. The summed E-state index contributed by atoms with van der Waals surface area (Å²) in [6.07, 6.45) is -4.65. The van der Waals surface area contributed by atoms with E-state index in [0.29, 0.717) is 19.8 Å². The lowest BCUT2D eigenvalue weighted by molar-refractivity contribution is -0.147. The molecule has 0 spiro atoms. The highest BCUT2D eigenvalue weighted by molar-refractivity contribution is 7.10. The summed E-state index contributed by atoms with van der Waals surface area (Å²) < 4.78 is 46.7. The molecule has 1 amide bonds. The number of nitrogens with one attached hydrogen (secondary N) is 1. The van der Waals surface area contributed by atoms with Crippen molar-refractivity contribution in [2.75, 3.05) is 32.8 Å². The van der Waals surface area contributed by atoms with Crippen LogP contribution in [0.25, 0.3) is 11.0 Å². The number of fused-ring (bicyclic) bond motifs is 1. The van der Waals surface area contributed by atoms with E-state index in [-0.39, 0.29) is 17.1 Å². The monoisotopic (exact) mass is 438 g/mol. The van der Waals surface area contributed by atoms with E-state index >= 15 is 0 Å². The quantitative estimate of drug-likeness (QED) is 0.642. The number of thiophene rings is 1. The van der Waals surface area contributed by atoms with Gasteiger partial charge in [-0.25, -0.2) is 4.98 Å². The van der Waals surface area contributed by atoms with Gasteiger partial charge >= 0.3 is 6.18 Å². The summed E-state index contributed by atoms with van der Waals surface area (Å²) in [5.41, 5.74) is 0.491. The van der Waals surface area contributed by atoms with Crippen LogP contribution in [-0.4, -0.2) is 53.2 Å². The number of amides is 1. The van der Waals surface area contributed by atoms with Gasteiger partial charge in [0.25, 0.3) is 0 Å². The fourth-order valence-electron chi connectivity index (χ4n) is 3.64. The molecule has 2 aromatic heterocycles. The predicted octanol–water partition coefficient (Wildman–Crippen LogP) is 3.31. The Morgan fingerprint density at radius 1 is 1.20 bits per heavy atom. The molecule has 1 aliphatic rings. The molecule has 1 saturated heterocycles. The molecule has 1 aromatic carbocycles. The molecule has 0 bridgehead atoms. The second-order valence-corrected chi connectivity index (χ2v) is 7.97. The van der Waals surface area contributed by atoms with Crippen LogP contribution in [0.3, 0.4) is 0 Å². The van der Waals surface area contributed by atoms with Crippen LogP contribution < -0.4 is 5.32 Å². The fraction of sp³-hybridized carbons (Fsp3) is 0.400. The Labute approximate surface area is 175 Å². The van der Waals surface area contributed by atoms with Crippen LogP contribution in [-0.2, 0) is 22.3 Å². The summed E-state index contributed by atoms with van der Waals surface area (Å²) in [6, 6.07) is 10.2. The van der Waals surface area contributed by atoms with Gasteiger partial charge in [-0.3, -0.25) is 9.69 Å². The van der Waals surface area contributed by atoms with Gasteiger partial charge in [0.1, 0.15) is 6.54 Å². The number of para-hydroxylation sites is 2. The first-order chi connectivity index (χ1) is 14.4. The van der Waals surface area contributed by atoms with E-state index in [0.717, 1.165) is 22.5 Å². The van der Waals surface area contributed by atoms with Gasteiger partial charge in [0.05, 0.1) is 30.3 Å². The van der Waals surface area contributed by atoms with Gasteiger partial charge in [-0.2, -0.15) is 13.2 Å². The number of imidazole rings is 1. The highest BCUT2D eigenvalue weighted by Gasteiger charge is 2.38. The van der Waals surface area contributed by atoms with Crippen molar-refractivity contribution in [3.8, 4) is 0 Å². The molecule has 4 rings (SSSR count). The van der Waals surface area contributed by atoms with Crippen molar-refractivity contribution in [2.45, 2.75) is 18.8 Å². The Morgan fingerprint density at radius 3 is 2.67 bits per heavy atom. The number of carbonyl (C=O) groups is 1. The molecule has 0 radical (unpaired) electrons. The summed E-state index contributed by atoms with van der Waals surface area (Å²) in [6.45, 7) is 2.58. The maximum atomic E-state index is 13.4. The molecule has 1 N–H and O–H groups in total. The summed E-state index contributed by atoms with van der Waals surface area (Å²) in [7, 11) is 0. The van der Waals surface area contributed by atoms with Crippen molar-refractivity contribution in [1.29, 1.82) is 0 Å².